The van der Waals surface area contributed by atoms with Crippen molar-refractivity contribution in [2.45, 2.75) is 13.5 Å². The van der Waals surface area contributed by atoms with Crippen molar-refractivity contribution in [2.75, 3.05) is 4.90 Å². The average molecular weight is 462 g/mol. The third-order valence-electron chi connectivity index (χ3n) is 4.85. The molecule has 0 saturated carbocycles. The van der Waals surface area contributed by atoms with E-state index in [1.54, 1.807) is 18.2 Å². The van der Waals surface area contributed by atoms with E-state index in [9.17, 15) is 14.7 Å². The zero-order valence-electron chi connectivity index (χ0n) is 17.1. The highest BCUT2D eigenvalue weighted by molar-refractivity contribution is 8.27. The number of thioether (sulfide) groups is 1. The van der Waals surface area contributed by atoms with Crippen LogP contribution in [0.5, 0.6) is 5.75 Å². The molecule has 1 N–H and O–H groups in total. The van der Waals surface area contributed by atoms with Crippen molar-refractivity contribution >= 4 is 51.9 Å². The molecule has 0 atom stereocenters. The summed E-state index contributed by atoms with van der Waals surface area (Å²) in [6.45, 7) is 2.53. The van der Waals surface area contributed by atoms with Crippen molar-refractivity contribution in [3.63, 3.8) is 0 Å². The van der Waals surface area contributed by atoms with Crippen LogP contribution in [0.4, 0.5) is 5.69 Å². The van der Waals surface area contributed by atoms with Crippen LogP contribution in [-0.2, 0) is 11.4 Å². The highest BCUT2D eigenvalue weighted by Gasteiger charge is 2.33. The van der Waals surface area contributed by atoms with Gasteiger partial charge in [-0.05, 0) is 54.5 Å². The monoisotopic (exact) mass is 461 g/mol. The minimum Gasteiger partial charge on any atom is -0.489 e. The zero-order chi connectivity index (χ0) is 22.7. The summed E-state index contributed by atoms with van der Waals surface area (Å²) in [7, 11) is 0. The maximum Gasteiger partial charge on any atom is 0.335 e. The van der Waals surface area contributed by atoms with Crippen LogP contribution < -0.4 is 9.64 Å². The lowest BCUT2D eigenvalue weighted by atomic mass is 10.1. The molecule has 0 aromatic heterocycles. The molecule has 1 fully saturated rings. The molecule has 1 amide bonds. The normalized spacial score (nSPS) is 14.8. The van der Waals surface area contributed by atoms with Gasteiger partial charge >= 0.3 is 5.97 Å². The Labute approximate surface area is 195 Å². The highest BCUT2D eigenvalue weighted by atomic mass is 32.2. The minimum absolute atomic E-state index is 0.0988. The Morgan fingerprint density at radius 1 is 1.09 bits per heavy atom. The van der Waals surface area contributed by atoms with Crippen LogP contribution in [0.25, 0.3) is 6.08 Å². The number of aryl methyl sites for hydroxylation is 1. The van der Waals surface area contributed by atoms with E-state index >= 15 is 0 Å². The van der Waals surface area contributed by atoms with Gasteiger partial charge in [-0.1, -0.05) is 72.0 Å². The summed E-state index contributed by atoms with van der Waals surface area (Å²) in [5.74, 6) is -0.597. The fourth-order valence-corrected chi connectivity index (χ4v) is 4.43. The molecule has 0 bridgehead atoms. The predicted octanol–water partition coefficient (Wildman–Crippen LogP) is 5.68. The maximum absolute atomic E-state index is 12.9. The van der Waals surface area contributed by atoms with Crippen molar-refractivity contribution in [1.29, 1.82) is 0 Å². The second-order valence-electron chi connectivity index (χ2n) is 7.22. The fraction of sp³-hybridized carbons (Fsp3) is 0.0800. The van der Waals surface area contributed by atoms with Gasteiger partial charge in [0.05, 0.1) is 16.2 Å². The Morgan fingerprint density at radius 3 is 2.50 bits per heavy atom. The van der Waals surface area contributed by atoms with Gasteiger partial charge in [0.2, 0.25) is 0 Å². The number of carboxylic acid groups (broad SMARTS) is 1. The number of nitrogens with zero attached hydrogens (tertiary/aromatic N) is 1. The third-order valence-corrected chi connectivity index (χ3v) is 6.15. The van der Waals surface area contributed by atoms with Gasteiger partial charge in [0.25, 0.3) is 5.91 Å². The number of hydrogen-bond donors (Lipinski definition) is 1. The molecule has 1 aliphatic rings. The molecule has 1 saturated heterocycles. The number of benzene rings is 3. The first kappa shape index (κ1) is 21.8. The number of hydrogen-bond acceptors (Lipinski definition) is 5. The molecule has 1 aliphatic heterocycles. The van der Waals surface area contributed by atoms with Gasteiger partial charge in [0.15, 0.2) is 4.32 Å². The standard InChI is InChI=1S/C25H19NO4S2/c1-16-5-7-18(8-6-16)15-30-21-11-9-17(10-12-21)13-22-23(27)26(25(31)32-22)20-4-2-3-19(14-20)24(28)29/h2-14H,15H2,1H3,(H,28,29)/b22-13+. The number of carboxylic acids is 1. The number of amides is 1. The van der Waals surface area contributed by atoms with Crippen LogP contribution in [0.1, 0.15) is 27.0 Å². The number of anilines is 1. The second kappa shape index (κ2) is 9.38. The van der Waals surface area contributed by atoms with Crippen LogP contribution in [0, 0.1) is 6.92 Å². The zero-order valence-corrected chi connectivity index (χ0v) is 18.8. The molecule has 32 heavy (non-hydrogen) atoms. The maximum atomic E-state index is 12.9. The number of rotatable bonds is 6. The van der Waals surface area contributed by atoms with E-state index < -0.39 is 5.97 Å². The fourth-order valence-electron chi connectivity index (χ4n) is 3.13. The van der Waals surface area contributed by atoms with Crippen LogP contribution in [-0.4, -0.2) is 21.3 Å². The summed E-state index contributed by atoms with van der Waals surface area (Å²) >= 11 is 6.56. The van der Waals surface area contributed by atoms with E-state index in [-0.39, 0.29) is 11.5 Å². The Kier molecular flexibility index (Phi) is 6.39. The Bertz CT molecular complexity index is 1220. The largest absolute Gasteiger partial charge is 0.489 e. The molecule has 0 spiro atoms. The van der Waals surface area contributed by atoms with Gasteiger partial charge < -0.3 is 9.84 Å². The molecule has 4 rings (SSSR count). The molecule has 1 heterocycles. The molecular weight excluding hydrogens is 442 g/mol. The summed E-state index contributed by atoms with van der Waals surface area (Å²) in [4.78, 5) is 26.0. The van der Waals surface area contributed by atoms with Gasteiger partial charge in [-0.15, -0.1) is 0 Å². The number of aromatic carboxylic acids is 1. The van der Waals surface area contributed by atoms with Crippen LogP contribution in [0.3, 0.4) is 0 Å². The summed E-state index contributed by atoms with van der Waals surface area (Å²) in [5.41, 5.74) is 3.68. The molecule has 3 aromatic carbocycles. The van der Waals surface area contributed by atoms with Crippen molar-refractivity contribution < 1.29 is 19.4 Å². The van der Waals surface area contributed by atoms with Gasteiger partial charge in [0, 0.05) is 0 Å². The topological polar surface area (TPSA) is 66.8 Å². The van der Waals surface area contributed by atoms with Gasteiger partial charge in [0.1, 0.15) is 12.4 Å². The van der Waals surface area contributed by atoms with E-state index in [1.807, 2.05) is 43.3 Å². The molecule has 0 aliphatic carbocycles. The first-order valence-electron chi connectivity index (χ1n) is 9.80. The van der Waals surface area contributed by atoms with Gasteiger partial charge in [-0.3, -0.25) is 9.69 Å². The van der Waals surface area contributed by atoms with E-state index in [0.717, 1.165) is 16.9 Å². The molecular formula is C25H19NO4S2. The Hall–Kier alpha value is -3.42. The average Bonchev–Trinajstić information content (AvgIpc) is 3.07. The molecule has 7 heteroatoms. The van der Waals surface area contributed by atoms with Crippen LogP contribution in [0.2, 0.25) is 0 Å². The van der Waals surface area contributed by atoms with E-state index in [2.05, 4.69) is 12.1 Å². The number of thiocarbonyl (C=S) groups is 1. The number of ether oxygens (including phenoxy) is 1. The summed E-state index contributed by atoms with van der Waals surface area (Å²) in [6, 6.07) is 21.8. The third kappa shape index (κ3) is 4.90. The minimum atomic E-state index is -1.06. The van der Waals surface area contributed by atoms with Gasteiger partial charge in [-0.25, -0.2) is 4.79 Å². The summed E-state index contributed by atoms with van der Waals surface area (Å²) in [5, 5.41) is 9.20. The molecule has 0 unspecified atom stereocenters. The quantitative estimate of drug-likeness (QED) is 0.376. The Balaban J connectivity index is 1.46. The second-order valence-corrected chi connectivity index (χ2v) is 8.89. The van der Waals surface area contributed by atoms with E-state index in [4.69, 9.17) is 17.0 Å². The lowest BCUT2D eigenvalue weighted by Gasteiger charge is -2.14. The predicted molar refractivity (Wildman–Crippen MR) is 131 cm³/mol. The number of carbonyl (C=O) groups is 2. The van der Waals surface area contributed by atoms with Crippen molar-refractivity contribution in [2.24, 2.45) is 0 Å². The molecule has 3 aromatic rings. The lowest BCUT2D eigenvalue weighted by molar-refractivity contribution is -0.113. The molecule has 160 valence electrons. The number of carbonyl (C=O) groups excluding carboxylic acids is 1. The van der Waals surface area contributed by atoms with Gasteiger partial charge in [-0.2, -0.15) is 0 Å². The molecule has 5 nitrogen and oxygen atoms in total. The summed E-state index contributed by atoms with van der Waals surface area (Å²) < 4.78 is 6.19. The van der Waals surface area contributed by atoms with Crippen molar-refractivity contribution in [3.8, 4) is 5.75 Å². The SMILES string of the molecule is Cc1ccc(COc2ccc(/C=C3/SC(=S)N(c4cccc(C(=O)O)c4)C3=O)cc2)cc1. The lowest BCUT2D eigenvalue weighted by Crippen LogP contribution is -2.27. The van der Waals surface area contributed by atoms with Crippen LogP contribution in [0.15, 0.2) is 77.7 Å². The van der Waals surface area contributed by atoms with Crippen LogP contribution >= 0.6 is 24.0 Å². The summed E-state index contributed by atoms with van der Waals surface area (Å²) in [6.07, 6.45) is 1.77. The van der Waals surface area contributed by atoms with Crippen molar-refractivity contribution in [1.82, 2.24) is 0 Å². The first-order valence-corrected chi connectivity index (χ1v) is 11.0. The van der Waals surface area contributed by atoms with Crippen molar-refractivity contribution in [3.05, 3.63) is 100.0 Å². The highest BCUT2D eigenvalue weighted by Crippen LogP contribution is 2.36. The Morgan fingerprint density at radius 2 is 1.81 bits per heavy atom. The first-order chi connectivity index (χ1) is 15.4. The smallest absolute Gasteiger partial charge is 0.335 e. The van der Waals surface area contributed by atoms with E-state index in [0.29, 0.717) is 21.5 Å². The van der Waals surface area contributed by atoms with E-state index in [1.165, 1.54) is 34.4 Å². The molecule has 0 radical (unpaired) electrons.